The topological polar surface area (TPSA) is 12.0 Å². The average molecular weight is 344 g/mol. The van der Waals surface area contributed by atoms with E-state index in [1.165, 1.54) is 18.2 Å². The molecule has 0 saturated heterocycles. The molecule has 0 saturated carbocycles. The zero-order chi connectivity index (χ0) is 14.9. The monoisotopic (exact) mass is 343 g/mol. The number of rotatable bonds is 3. The van der Waals surface area contributed by atoms with E-state index in [2.05, 4.69) is 21.2 Å². The van der Waals surface area contributed by atoms with Crippen LogP contribution in [0, 0.1) is 24.4 Å². The van der Waals surface area contributed by atoms with E-state index in [9.17, 15) is 13.2 Å². The fraction of sp³-hybridized carbons (Fsp3) is 0.200. The van der Waals surface area contributed by atoms with E-state index < -0.39 is 11.6 Å². The quantitative estimate of drug-likeness (QED) is 0.792. The lowest BCUT2D eigenvalue weighted by atomic mass is 10.1. The van der Waals surface area contributed by atoms with Crippen molar-refractivity contribution in [2.45, 2.75) is 19.9 Å². The number of hydrogen-bond acceptors (Lipinski definition) is 1. The van der Waals surface area contributed by atoms with Crippen molar-refractivity contribution in [1.82, 2.24) is 0 Å². The van der Waals surface area contributed by atoms with Crippen LogP contribution in [-0.4, -0.2) is 0 Å². The molecule has 2 aromatic carbocycles. The molecule has 0 aliphatic heterocycles. The van der Waals surface area contributed by atoms with Crippen molar-refractivity contribution in [1.29, 1.82) is 0 Å². The number of anilines is 1. The Kier molecular flexibility index (Phi) is 4.38. The molecular formula is C15H13BrF3N. The van der Waals surface area contributed by atoms with Crippen LogP contribution in [0.4, 0.5) is 18.9 Å². The number of aryl methyl sites for hydroxylation is 1. The molecule has 1 unspecified atom stereocenters. The molecule has 0 radical (unpaired) electrons. The maximum absolute atomic E-state index is 13.9. The molecule has 2 aromatic rings. The van der Waals surface area contributed by atoms with Crippen molar-refractivity contribution in [3.8, 4) is 0 Å². The summed E-state index contributed by atoms with van der Waals surface area (Å²) >= 11 is 3.09. The van der Waals surface area contributed by atoms with Gasteiger partial charge in [-0.3, -0.25) is 0 Å². The van der Waals surface area contributed by atoms with Gasteiger partial charge >= 0.3 is 0 Å². The highest BCUT2D eigenvalue weighted by Crippen LogP contribution is 2.28. The first kappa shape index (κ1) is 14.9. The molecule has 20 heavy (non-hydrogen) atoms. The summed E-state index contributed by atoms with van der Waals surface area (Å²) in [4.78, 5) is 0. The van der Waals surface area contributed by atoms with Crippen LogP contribution < -0.4 is 5.32 Å². The normalized spacial score (nSPS) is 12.3. The second-order valence-electron chi connectivity index (χ2n) is 4.59. The SMILES string of the molecule is Cc1ccc(F)c(NC(C)c2ccc(F)c(Br)c2)c1F. The van der Waals surface area contributed by atoms with Crippen LogP contribution >= 0.6 is 15.9 Å². The maximum Gasteiger partial charge on any atom is 0.152 e. The van der Waals surface area contributed by atoms with Gasteiger partial charge in [-0.15, -0.1) is 0 Å². The lowest BCUT2D eigenvalue weighted by Gasteiger charge is -2.18. The summed E-state index contributed by atoms with van der Waals surface area (Å²) in [5, 5.41) is 2.79. The maximum atomic E-state index is 13.9. The van der Waals surface area contributed by atoms with Gasteiger partial charge in [-0.2, -0.15) is 0 Å². The van der Waals surface area contributed by atoms with Gasteiger partial charge in [0.1, 0.15) is 17.3 Å². The average Bonchev–Trinajstić information content (AvgIpc) is 2.42. The first-order valence-electron chi connectivity index (χ1n) is 6.06. The molecule has 1 atom stereocenters. The molecule has 1 N–H and O–H groups in total. The predicted molar refractivity (Wildman–Crippen MR) is 77.2 cm³/mol. The summed E-state index contributed by atoms with van der Waals surface area (Å²) in [7, 11) is 0. The second-order valence-corrected chi connectivity index (χ2v) is 5.45. The van der Waals surface area contributed by atoms with Gasteiger partial charge in [-0.05, 0) is 59.1 Å². The van der Waals surface area contributed by atoms with E-state index in [0.717, 1.165) is 5.56 Å². The van der Waals surface area contributed by atoms with E-state index in [0.29, 0.717) is 10.0 Å². The van der Waals surface area contributed by atoms with Crippen molar-refractivity contribution < 1.29 is 13.2 Å². The zero-order valence-electron chi connectivity index (χ0n) is 11.0. The van der Waals surface area contributed by atoms with Crippen molar-refractivity contribution in [3.63, 3.8) is 0 Å². The Labute approximate surface area is 123 Å². The highest BCUT2D eigenvalue weighted by atomic mass is 79.9. The number of benzene rings is 2. The third-order valence-electron chi connectivity index (χ3n) is 3.09. The molecule has 106 valence electrons. The smallest absolute Gasteiger partial charge is 0.152 e. The standard InChI is InChI=1S/C15H13BrF3N/c1-8-3-5-13(18)15(14(8)19)20-9(2)10-4-6-12(17)11(16)7-10/h3-7,9,20H,1-2H3. The Morgan fingerprint density at radius 2 is 1.70 bits per heavy atom. The Hall–Kier alpha value is -1.49. The van der Waals surface area contributed by atoms with Crippen molar-refractivity contribution in [2.24, 2.45) is 0 Å². The second kappa shape index (κ2) is 5.87. The summed E-state index contributed by atoms with van der Waals surface area (Å²) in [6, 6.07) is 6.70. The number of halogens is 4. The van der Waals surface area contributed by atoms with E-state index in [4.69, 9.17) is 0 Å². The van der Waals surface area contributed by atoms with E-state index in [1.807, 2.05) is 0 Å². The molecule has 2 rings (SSSR count). The van der Waals surface area contributed by atoms with Crippen LogP contribution in [0.15, 0.2) is 34.8 Å². The molecule has 0 amide bonds. The number of hydrogen-bond donors (Lipinski definition) is 1. The van der Waals surface area contributed by atoms with Crippen molar-refractivity contribution in [2.75, 3.05) is 5.32 Å². The highest BCUT2D eigenvalue weighted by molar-refractivity contribution is 9.10. The zero-order valence-corrected chi connectivity index (χ0v) is 12.6. The van der Waals surface area contributed by atoms with Crippen LogP contribution in [0.5, 0.6) is 0 Å². The molecule has 0 spiro atoms. The first-order valence-corrected chi connectivity index (χ1v) is 6.85. The van der Waals surface area contributed by atoms with Gasteiger partial charge in [-0.25, -0.2) is 13.2 Å². The molecule has 0 bridgehead atoms. The Bertz CT molecular complexity index is 643. The molecule has 0 aromatic heterocycles. The van der Waals surface area contributed by atoms with E-state index in [-0.39, 0.29) is 17.5 Å². The third kappa shape index (κ3) is 2.98. The fourth-order valence-corrected chi connectivity index (χ4v) is 2.27. The van der Waals surface area contributed by atoms with Gasteiger partial charge in [0.15, 0.2) is 5.82 Å². The van der Waals surface area contributed by atoms with Crippen LogP contribution in [0.2, 0.25) is 0 Å². The van der Waals surface area contributed by atoms with Crippen LogP contribution in [-0.2, 0) is 0 Å². The van der Waals surface area contributed by atoms with Gasteiger partial charge in [0.25, 0.3) is 0 Å². The van der Waals surface area contributed by atoms with Gasteiger partial charge < -0.3 is 5.32 Å². The first-order chi connectivity index (χ1) is 9.40. The van der Waals surface area contributed by atoms with E-state index in [1.54, 1.807) is 26.0 Å². The number of nitrogens with one attached hydrogen (secondary N) is 1. The van der Waals surface area contributed by atoms with Crippen molar-refractivity contribution in [3.05, 3.63) is 63.4 Å². The fourth-order valence-electron chi connectivity index (χ4n) is 1.87. The van der Waals surface area contributed by atoms with Crippen LogP contribution in [0.25, 0.3) is 0 Å². The lowest BCUT2D eigenvalue weighted by Crippen LogP contribution is -2.10. The van der Waals surface area contributed by atoms with E-state index >= 15 is 0 Å². The molecule has 0 aliphatic rings. The largest absolute Gasteiger partial charge is 0.374 e. The summed E-state index contributed by atoms with van der Waals surface area (Å²) in [5.74, 6) is -1.65. The lowest BCUT2D eigenvalue weighted by molar-refractivity contribution is 0.578. The summed E-state index contributed by atoms with van der Waals surface area (Å²) in [6.07, 6.45) is 0. The van der Waals surface area contributed by atoms with Gasteiger partial charge in [0.05, 0.1) is 4.47 Å². The Morgan fingerprint density at radius 1 is 1.05 bits per heavy atom. The summed E-state index contributed by atoms with van der Waals surface area (Å²) < 4.78 is 41.1. The minimum Gasteiger partial charge on any atom is -0.374 e. The van der Waals surface area contributed by atoms with Gasteiger partial charge in [0.2, 0.25) is 0 Å². The third-order valence-corrected chi connectivity index (χ3v) is 3.70. The molecule has 1 nitrogen and oxygen atoms in total. The Morgan fingerprint density at radius 3 is 2.35 bits per heavy atom. The summed E-state index contributed by atoms with van der Waals surface area (Å²) in [5.41, 5.74) is 0.915. The van der Waals surface area contributed by atoms with Gasteiger partial charge in [0, 0.05) is 6.04 Å². The van der Waals surface area contributed by atoms with Gasteiger partial charge in [-0.1, -0.05) is 12.1 Å². The minimum absolute atomic E-state index is 0.169. The Balaban J connectivity index is 2.30. The van der Waals surface area contributed by atoms with Crippen LogP contribution in [0.1, 0.15) is 24.1 Å². The minimum atomic E-state index is -0.652. The predicted octanol–water partition coefficient (Wildman–Crippen LogP) is 5.35. The molecule has 0 heterocycles. The highest BCUT2D eigenvalue weighted by Gasteiger charge is 2.15. The molecular weight excluding hydrogens is 331 g/mol. The summed E-state index contributed by atoms with van der Waals surface area (Å²) in [6.45, 7) is 3.32. The molecule has 0 fully saturated rings. The van der Waals surface area contributed by atoms with Crippen molar-refractivity contribution >= 4 is 21.6 Å². The molecule has 5 heteroatoms. The molecule has 0 aliphatic carbocycles. The van der Waals surface area contributed by atoms with Crippen LogP contribution in [0.3, 0.4) is 0 Å².